The summed E-state index contributed by atoms with van der Waals surface area (Å²) in [6.45, 7) is 2.14. The van der Waals surface area contributed by atoms with Gasteiger partial charge in [-0.2, -0.15) is 9.57 Å². The molecule has 2 unspecified atom stereocenters. The molecule has 0 saturated carbocycles. The van der Waals surface area contributed by atoms with Crippen LogP contribution in [0.15, 0.2) is 16.3 Å². The first-order valence-corrected chi connectivity index (χ1v) is 8.33. The third-order valence-corrected chi connectivity index (χ3v) is 6.55. The first-order valence-electron chi connectivity index (χ1n) is 6.07. The number of nitriles is 1. The van der Waals surface area contributed by atoms with Gasteiger partial charge >= 0.3 is 5.97 Å². The Balaban J connectivity index is 2.29. The van der Waals surface area contributed by atoms with Crippen LogP contribution in [0.1, 0.15) is 18.2 Å². The first kappa shape index (κ1) is 15.0. The summed E-state index contributed by atoms with van der Waals surface area (Å²) in [5.41, 5.74) is 0. The average molecular weight is 314 g/mol. The molecular weight excluding hydrogens is 300 g/mol. The summed E-state index contributed by atoms with van der Waals surface area (Å²) in [5.74, 6) is -1.65. The van der Waals surface area contributed by atoms with E-state index >= 15 is 0 Å². The fourth-order valence-corrected chi connectivity index (χ4v) is 5.19. The molecule has 0 aliphatic carbocycles. The lowest BCUT2D eigenvalue weighted by Crippen LogP contribution is -2.45. The lowest BCUT2D eigenvalue weighted by atomic mass is 9.92. The molecule has 6 nitrogen and oxygen atoms in total. The quantitative estimate of drug-likeness (QED) is 0.908. The van der Waals surface area contributed by atoms with Gasteiger partial charge < -0.3 is 5.11 Å². The Morgan fingerprint density at radius 2 is 2.20 bits per heavy atom. The zero-order valence-corrected chi connectivity index (χ0v) is 12.4. The van der Waals surface area contributed by atoms with Crippen LogP contribution in [0.3, 0.4) is 0 Å². The SMILES string of the molecule is CC1CC(C(=O)O)CN(S(=O)(=O)c2ccc(C#N)s2)C1. The van der Waals surface area contributed by atoms with E-state index in [-0.39, 0.29) is 16.7 Å². The Labute approximate surface area is 121 Å². The van der Waals surface area contributed by atoms with E-state index in [2.05, 4.69) is 0 Å². The monoisotopic (exact) mass is 314 g/mol. The molecule has 1 fully saturated rings. The van der Waals surface area contributed by atoms with Crippen LogP contribution in [-0.2, 0) is 14.8 Å². The van der Waals surface area contributed by atoms with Gasteiger partial charge in [0.2, 0.25) is 0 Å². The predicted octanol–water partition coefficient (Wildman–Crippen LogP) is 1.35. The fraction of sp³-hybridized carbons (Fsp3) is 0.500. The van der Waals surface area contributed by atoms with Gasteiger partial charge in [0.25, 0.3) is 10.0 Å². The lowest BCUT2D eigenvalue weighted by molar-refractivity contribution is -0.143. The third-order valence-electron chi connectivity index (χ3n) is 3.26. The minimum absolute atomic E-state index is 0.00461. The molecule has 1 N–H and O–H groups in total. The largest absolute Gasteiger partial charge is 0.481 e. The molecule has 20 heavy (non-hydrogen) atoms. The van der Waals surface area contributed by atoms with Gasteiger partial charge in [0.15, 0.2) is 0 Å². The number of hydrogen-bond donors (Lipinski definition) is 1. The van der Waals surface area contributed by atoms with Gasteiger partial charge in [0, 0.05) is 13.1 Å². The van der Waals surface area contributed by atoms with Crippen molar-refractivity contribution in [3.8, 4) is 6.07 Å². The van der Waals surface area contributed by atoms with Crippen molar-refractivity contribution in [2.24, 2.45) is 11.8 Å². The van der Waals surface area contributed by atoms with Gasteiger partial charge in [0.05, 0.1) is 5.92 Å². The van der Waals surface area contributed by atoms with Crippen LogP contribution in [0, 0.1) is 23.2 Å². The molecule has 2 rings (SSSR count). The number of carboxylic acids is 1. The van der Waals surface area contributed by atoms with E-state index in [1.54, 1.807) is 0 Å². The van der Waals surface area contributed by atoms with Gasteiger partial charge in [-0.25, -0.2) is 8.42 Å². The molecule has 0 spiro atoms. The number of nitrogens with zero attached hydrogens (tertiary/aromatic N) is 2. The maximum Gasteiger partial charge on any atom is 0.307 e. The lowest BCUT2D eigenvalue weighted by Gasteiger charge is -2.33. The van der Waals surface area contributed by atoms with Crippen molar-refractivity contribution in [1.29, 1.82) is 5.26 Å². The number of carbonyl (C=O) groups is 1. The maximum atomic E-state index is 12.5. The smallest absolute Gasteiger partial charge is 0.307 e. The zero-order valence-electron chi connectivity index (χ0n) is 10.8. The molecular formula is C12H14N2O4S2. The van der Waals surface area contributed by atoms with Gasteiger partial charge in [0.1, 0.15) is 15.2 Å². The summed E-state index contributed by atoms with van der Waals surface area (Å²) in [4.78, 5) is 11.4. The van der Waals surface area contributed by atoms with Crippen LogP contribution in [0.5, 0.6) is 0 Å². The molecule has 0 radical (unpaired) electrons. The second-order valence-electron chi connectivity index (χ2n) is 4.93. The van der Waals surface area contributed by atoms with Crippen LogP contribution in [0.25, 0.3) is 0 Å². The van der Waals surface area contributed by atoms with Gasteiger partial charge in [-0.15, -0.1) is 11.3 Å². The van der Waals surface area contributed by atoms with E-state index in [4.69, 9.17) is 10.4 Å². The molecule has 0 aromatic carbocycles. The number of rotatable bonds is 3. The molecule has 0 bridgehead atoms. The predicted molar refractivity (Wildman–Crippen MR) is 72.7 cm³/mol. The summed E-state index contributed by atoms with van der Waals surface area (Å²) >= 11 is 0.906. The summed E-state index contributed by atoms with van der Waals surface area (Å²) in [7, 11) is -3.71. The molecule has 0 amide bonds. The van der Waals surface area contributed by atoms with Crippen molar-refractivity contribution < 1.29 is 18.3 Å². The Kier molecular flexibility index (Phi) is 4.13. The Morgan fingerprint density at radius 1 is 1.50 bits per heavy atom. The van der Waals surface area contributed by atoms with Gasteiger partial charge in [-0.1, -0.05) is 6.92 Å². The second kappa shape index (κ2) is 5.52. The van der Waals surface area contributed by atoms with Crippen LogP contribution in [-0.4, -0.2) is 36.9 Å². The highest BCUT2D eigenvalue weighted by Crippen LogP contribution is 2.30. The molecule has 1 aromatic rings. The maximum absolute atomic E-state index is 12.5. The molecule has 2 atom stereocenters. The van der Waals surface area contributed by atoms with Gasteiger partial charge in [-0.3, -0.25) is 4.79 Å². The van der Waals surface area contributed by atoms with E-state index in [0.29, 0.717) is 17.8 Å². The van der Waals surface area contributed by atoms with Crippen LogP contribution < -0.4 is 0 Å². The standard InChI is InChI=1S/C12H14N2O4S2/c1-8-4-9(12(15)16)7-14(6-8)20(17,18)11-3-2-10(5-13)19-11/h2-3,8-9H,4,6-7H2,1H3,(H,15,16). The average Bonchev–Trinajstić information content (AvgIpc) is 2.87. The van der Waals surface area contributed by atoms with Crippen molar-refractivity contribution in [3.05, 3.63) is 17.0 Å². The van der Waals surface area contributed by atoms with Crippen molar-refractivity contribution in [1.82, 2.24) is 4.31 Å². The Hall–Kier alpha value is -1.43. The van der Waals surface area contributed by atoms with Crippen LogP contribution in [0.2, 0.25) is 0 Å². The summed E-state index contributed by atoms with van der Waals surface area (Å²) in [6, 6.07) is 4.75. The molecule has 2 heterocycles. The summed E-state index contributed by atoms with van der Waals surface area (Å²) in [5, 5.41) is 17.8. The van der Waals surface area contributed by atoms with E-state index < -0.39 is 21.9 Å². The number of sulfonamides is 1. The minimum atomic E-state index is -3.71. The molecule has 8 heteroatoms. The summed E-state index contributed by atoms with van der Waals surface area (Å²) in [6.07, 6.45) is 0.481. The fourth-order valence-electron chi connectivity index (χ4n) is 2.32. The molecule has 108 valence electrons. The number of aliphatic carboxylic acids is 1. The van der Waals surface area contributed by atoms with Crippen molar-refractivity contribution in [2.45, 2.75) is 17.6 Å². The number of carboxylic acid groups (broad SMARTS) is 1. The highest BCUT2D eigenvalue weighted by Gasteiger charge is 2.36. The normalized spacial score (nSPS) is 24.2. The highest BCUT2D eigenvalue weighted by molar-refractivity contribution is 7.91. The second-order valence-corrected chi connectivity index (χ2v) is 8.18. The third kappa shape index (κ3) is 2.85. The van der Waals surface area contributed by atoms with E-state index in [9.17, 15) is 13.2 Å². The Morgan fingerprint density at radius 3 is 2.75 bits per heavy atom. The van der Waals surface area contributed by atoms with Crippen LogP contribution in [0.4, 0.5) is 0 Å². The van der Waals surface area contributed by atoms with E-state index in [1.165, 1.54) is 16.4 Å². The van der Waals surface area contributed by atoms with E-state index in [1.807, 2.05) is 13.0 Å². The highest BCUT2D eigenvalue weighted by atomic mass is 32.2. The number of hydrogen-bond acceptors (Lipinski definition) is 5. The number of thiophene rings is 1. The van der Waals surface area contributed by atoms with Gasteiger partial charge in [-0.05, 0) is 24.5 Å². The van der Waals surface area contributed by atoms with Crippen molar-refractivity contribution in [3.63, 3.8) is 0 Å². The number of piperidine rings is 1. The molecule has 1 aliphatic rings. The molecule has 1 aromatic heterocycles. The Bertz CT molecular complexity index is 659. The topological polar surface area (TPSA) is 98.5 Å². The first-order chi connectivity index (χ1) is 9.34. The summed E-state index contributed by atoms with van der Waals surface area (Å²) < 4.78 is 26.2. The van der Waals surface area contributed by atoms with Crippen molar-refractivity contribution >= 4 is 27.3 Å². The van der Waals surface area contributed by atoms with Crippen molar-refractivity contribution in [2.75, 3.05) is 13.1 Å². The zero-order chi connectivity index (χ0) is 14.9. The molecule has 1 aliphatic heterocycles. The van der Waals surface area contributed by atoms with E-state index in [0.717, 1.165) is 11.3 Å². The minimum Gasteiger partial charge on any atom is -0.481 e. The van der Waals surface area contributed by atoms with Crippen LogP contribution >= 0.6 is 11.3 Å². The molecule has 1 saturated heterocycles.